The zero-order valence-corrected chi connectivity index (χ0v) is 19.5. The Labute approximate surface area is 201 Å². The molecule has 0 unspecified atom stereocenters. The van der Waals surface area contributed by atoms with E-state index in [0.717, 1.165) is 17.5 Å². The molecule has 0 atom stereocenters. The predicted octanol–water partition coefficient (Wildman–Crippen LogP) is 6.51. The monoisotopic (exact) mass is 444 g/mol. The van der Waals surface area contributed by atoms with Gasteiger partial charge in [-0.05, 0) is 76.9 Å². The van der Waals surface area contributed by atoms with E-state index in [2.05, 4.69) is 72.6 Å². The molecule has 34 heavy (non-hydrogen) atoms. The molecule has 0 aromatic heterocycles. The molecule has 0 aliphatic rings. The normalized spacial score (nSPS) is 9.94. The maximum Gasteiger partial charge on any atom is 0.187 e. The lowest BCUT2D eigenvalue weighted by Gasteiger charge is -2.12. The van der Waals surface area contributed by atoms with Crippen LogP contribution in [0.1, 0.15) is 27.8 Å². The average Bonchev–Trinajstić information content (AvgIpc) is 2.85. The smallest absolute Gasteiger partial charge is 0.187 e. The van der Waals surface area contributed by atoms with Gasteiger partial charge in [0, 0.05) is 6.67 Å². The summed E-state index contributed by atoms with van der Waals surface area (Å²) in [5.74, 6) is 0. The van der Waals surface area contributed by atoms with Crippen LogP contribution in [0.15, 0.2) is 84.9 Å². The molecule has 0 heterocycles. The molecule has 0 radical (unpaired) electrons. The predicted molar refractivity (Wildman–Crippen MR) is 140 cm³/mol. The third-order valence-corrected chi connectivity index (χ3v) is 5.62. The minimum absolute atomic E-state index is 0.250. The minimum atomic E-state index is 0.250. The van der Waals surface area contributed by atoms with Crippen molar-refractivity contribution in [3.05, 3.63) is 124 Å². The Morgan fingerprint density at radius 3 is 1.56 bits per heavy atom. The number of hydrogen-bond acceptors (Lipinski definition) is 3. The quantitative estimate of drug-likeness (QED) is 0.278. The lowest BCUT2D eigenvalue weighted by atomic mass is 9.93. The average molecular weight is 445 g/mol. The van der Waals surface area contributed by atoms with Crippen molar-refractivity contribution in [2.45, 2.75) is 20.3 Å². The van der Waals surface area contributed by atoms with Gasteiger partial charge in [0.2, 0.25) is 0 Å². The number of nitriles is 1. The van der Waals surface area contributed by atoms with E-state index < -0.39 is 0 Å². The summed E-state index contributed by atoms with van der Waals surface area (Å²) in [5, 5.41) is 8.99. The molecule has 0 aliphatic carbocycles. The van der Waals surface area contributed by atoms with E-state index in [4.69, 9.17) is 11.8 Å². The van der Waals surface area contributed by atoms with Crippen molar-refractivity contribution in [2.24, 2.45) is 11.5 Å². The third-order valence-electron chi connectivity index (χ3n) is 5.62. The fraction of sp³-hybridized carbons (Fsp3) is 0.133. The Kier molecular flexibility index (Phi) is 8.32. The van der Waals surface area contributed by atoms with Gasteiger partial charge in [0.05, 0.1) is 18.2 Å². The summed E-state index contributed by atoms with van der Waals surface area (Å²) in [5.41, 5.74) is 20.3. The SMILES string of the molecule is NCN.[C-]#[N+]c1ccc(-c2ccc(Cc3ccc(-c4ccc(C#N)cc4)c(C)c3)cc2C)cc1. The van der Waals surface area contributed by atoms with Gasteiger partial charge in [0.1, 0.15) is 0 Å². The molecule has 4 N–H and O–H groups in total. The van der Waals surface area contributed by atoms with Crippen LogP contribution in [0.3, 0.4) is 0 Å². The number of benzene rings is 4. The fourth-order valence-electron chi connectivity index (χ4n) is 3.99. The van der Waals surface area contributed by atoms with Gasteiger partial charge >= 0.3 is 0 Å². The van der Waals surface area contributed by atoms with Crippen LogP contribution in [-0.2, 0) is 6.42 Å². The van der Waals surface area contributed by atoms with Gasteiger partial charge in [0.15, 0.2) is 5.69 Å². The number of nitrogens with two attached hydrogens (primary N) is 2. The fourth-order valence-corrected chi connectivity index (χ4v) is 3.99. The minimum Gasteiger partial charge on any atom is -0.319 e. The highest BCUT2D eigenvalue weighted by atomic mass is 14.7. The van der Waals surface area contributed by atoms with Crippen LogP contribution in [0.2, 0.25) is 0 Å². The molecule has 0 aliphatic heterocycles. The number of rotatable bonds is 4. The van der Waals surface area contributed by atoms with Gasteiger partial charge in [-0.3, -0.25) is 0 Å². The lowest BCUT2D eigenvalue weighted by Crippen LogP contribution is -2.08. The molecule has 0 spiro atoms. The van der Waals surface area contributed by atoms with Gasteiger partial charge < -0.3 is 11.5 Å². The van der Waals surface area contributed by atoms with Crippen molar-refractivity contribution in [1.29, 1.82) is 5.26 Å². The topological polar surface area (TPSA) is 80.2 Å². The molecule has 0 fully saturated rings. The maximum absolute atomic E-state index is 8.99. The second kappa shape index (κ2) is 11.6. The van der Waals surface area contributed by atoms with E-state index in [-0.39, 0.29) is 6.67 Å². The molecular formula is C30H28N4. The lowest BCUT2D eigenvalue weighted by molar-refractivity contribution is 1.07. The Morgan fingerprint density at radius 1 is 0.735 bits per heavy atom. The molecule has 4 aromatic carbocycles. The first-order valence-corrected chi connectivity index (χ1v) is 11.1. The van der Waals surface area contributed by atoms with Crippen LogP contribution in [0, 0.1) is 31.8 Å². The van der Waals surface area contributed by atoms with Gasteiger partial charge in [0.25, 0.3) is 0 Å². The molecule has 4 nitrogen and oxygen atoms in total. The van der Waals surface area contributed by atoms with Crippen molar-refractivity contribution < 1.29 is 0 Å². The summed E-state index contributed by atoms with van der Waals surface area (Å²) in [4.78, 5) is 3.47. The van der Waals surface area contributed by atoms with Crippen LogP contribution in [0.4, 0.5) is 5.69 Å². The Balaban J connectivity index is 0.00000103. The van der Waals surface area contributed by atoms with Gasteiger partial charge in [-0.25, -0.2) is 4.85 Å². The summed E-state index contributed by atoms with van der Waals surface area (Å²) in [6, 6.07) is 30.9. The third kappa shape index (κ3) is 5.97. The summed E-state index contributed by atoms with van der Waals surface area (Å²) < 4.78 is 0. The highest BCUT2D eigenvalue weighted by Gasteiger charge is 2.07. The van der Waals surface area contributed by atoms with E-state index in [1.807, 2.05) is 48.5 Å². The Bertz CT molecular complexity index is 1230. The van der Waals surface area contributed by atoms with Crippen molar-refractivity contribution in [3.8, 4) is 28.3 Å². The largest absolute Gasteiger partial charge is 0.319 e. The maximum atomic E-state index is 8.99. The van der Waals surface area contributed by atoms with Gasteiger partial charge in [-0.15, -0.1) is 0 Å². The number of aryl methyl sites for hydroxylation is 2. The zero-order valence-electron chi connectivity index (χ0n) is 19.5. The van der Waals surface area contributed by atoms with Gasteiger partial charge in [-0.2, -0.15) is 5.26 Å². The molecular weight excluding hydrogens is 416 g/mol. The molecule has 0 amide bonds. The van der Waals surface area contributed by atoms with E-state index in [1.165, 1.54) is 33.4 Å². The van der Waals surface area contributed by atoms with Crippen LogP contribution >= 0.6 is 0 Å². The van der Waals surface area contributed by atoms with Crippen molar-refractivity contribution in [2.75, 3.05) is 6.67 Å². The van der Waals surface area contributed by atoms with Crippen molar-refractivity contribution in [1.82, 2.24) is 0 Å². The van der Waals surface area contributed by atoms with Crippen molar-refractivity contribution >= 4 is 5.69 Å². The number of hydrogen-bond donors (Lipinski definition) is 2. The standard InChI is InChI=1S/C29H22N2.CH6N2/c1-20-16-23(6-14-28(20)25-8-4-22(19-30)5-9-25)18-24-7-15-29(21(2)17-24)26-10-12-27(31-3)13-11-26;2-1-3/h4-17H,18H2,1-2H3;1-3H2. The summed E-state index contributed by atoms with van der Waals surface area (Å²) in [6.07, 6.45) is 0.881. The second-order valence-electron chi connectivity index (χ2n) is 8.06. The molecule has 168 valence electrons. The highest BCUT2D eigenvalue weighted by molar-refractivity contribution is 5.70. The highest BCUT2D eigenvalue weighted by Crippen LogP contribution is 2.29. The van der Waals surface area contributed by atoms with Crippen LogP contribution in [0.5, 0.6) is 0 Å². The molecule has 4 heteroatoms. The Hall–Kier alpha value is -4.22. The van der Waals surface area contributed by atoms with E-state index in [1.54, 1.807) is 0 Å². The van der Waals surface area contributed by atoms with Crippen molar-refractivity contribution in [3.63, 3.8) is 0 Å². The summed E-state index contributed by atoms with van der Waals surface area (Å²) in [7, 11) is 0. The first kappa shape index (κ1) is 24.4. The second-order valence-corrected chi connectivity index (χ2v) is 8.06. The summed E-state index contributed by atoms with van der Waals surface area (Å²) >= 11 is 0. The van der Waals surface area contributed by atoms with Crippen LogP contribution in [0.25, 0.3) is 27.1 Å². The molecule has 4 rings (SSSR count). The van der Waals surface area contributed by atoms with Crippen LogP contribution < -0.4 is 11.5 Å². The van der Waals surface area contributed by atoms with E-state index in [0.29, 0.717) is 11.3 Å². The first-order valence-electron chi connectivity index (χ1n) is 11.1. The Morgan fingerprint density at radius 2 is 1.18 bits per heavy atom. The first-order chi connectivity index (χ1) is 16.5. The zero-order chi connectivity index (χ0) is 24.5. The number of nitrogens with zero attached hydrogens (tertiary/aromatic N) is 2. The van der Waals surface area contributed by atoms with E-state index >= 15 is 0 Å². The summed E-state index contributed by atoms with van der Waals surface area (Å²) in [6.45, 7) is 11.6. The molecule has 4 aromatic rings. The van der Waals surface area contributed by atoms with Gasteiger partial charge in [-0.1, -0.05) is 72.8 Å². The molecule has 0 saturated carbocycles. The van der Waals surface area contributed by atoms with E-state index in [9.17, 15) is 0 Å². The molecule has 0 saturated heterocycles. The molecule has 0 bridgehead atoms. The van der Waals surface area contributed by atoms with Crippen LogP contribution in [-0.4, -0.2) is 6.67 Å².